The maximum Gasteiger partial charge on any atom is 0.371 e. The third-order valence-electron chi connectivity index (χ3n) is 2.31. The average Bonchev–Trinajstić information content (AvgIpc) is 2.75. The summed E-state index contributed by atoms with van der Waals surface area (Å²) in [5.74, 6) is -1.49. The fourth-order valence-corrected chi connectivity index (χ4v) is 3.03. The van der Waals surface area contributed by atoms with Crippen molar-refractivity contribution in [2.24, 2.45) is 5.92 Å². The molecule has 0 aliphatic heterocycles. The van der Waals surface area contributed by atoms with Gasteiger partial charge in [-0.2, -0.15) is 4.31 Å². The van der Waals surface area contributed by atoms with Crippen LogP contribution in [-0.2, 0) is 10.0 Å². The second-order valence-corrected chi connectivity index (χ2v) is 6.14. The molecule has 7 heteroatoms. The number of aromatic carboxylic acids is 1. The van der Waals surface area contributed by atoms with Gasteiger partial charge < -0.3 is 9.52 Å². The van der Waals surface area contributed by atoms with E-state index in [0.717, 1.165) is 6.07 Å². The van der Waals surface area contributed by atoms with E-state index in [4.69, 9.17) is 9.52 Å². The Kier molecular flexibility index (Phi) is 4.53. The number of hydrogen-bond acceptors (Lipinski definition) is 4. The zero-order valence-electron chi connectivity index (χ0n) is 10.6. The number of furan rings is 1. The van der Waals surface area contributed by atoms with Crippen LogP contribution >= 0.6 is 0 Å². The molecule has 102 valence electrons. The smallest absolute Gasteiger partial charge is 0.371 e. The summed E-state index contributed by atoms with van der Waals surface area (Å²) in [7, 11) is -3.76. The van der Waals surface area contributed by atoms with Crippen LogP contribution in [0.5, 0.6) is 0 Å². The summed E-state index contributed by atoms with van der Waals surface area (Å²) in [5, 5.41) is 8.37. The maximum atomic E-state index is 12.2. The van der Waals surface area contributed by atoms with Crippen LogP contribution in [0.25, 0.3) is 0 Å². The van der Waals surface area contributed by atoms with E-state index >= 15 is 0 Å². The molecule has 0 aliphatic carbocycles. The predicted octanol–water partition coefficient (Wildman–Crippen LogP) is 1.64. The zero-order valence-corrected chi connectivity index (χ0v) is 11.4. The van der Waals surface area contributed by atoms with Gasteiger partial charge in [0, 0.05) is 13.1 Å². The van der Waals surface area contributed by atoms with Gasteiger partial charge in [-0.15, -0.1) is 0 Å². The number of hydrogen-bond donors (Lipinski definition) is 1. The predicted molar refractivity (Wildman–Crippen MR) is 64.9 cm³/mol. The maximum absolute atomic E-state index is 12.2. The Bertz CT molecular complexity index is 517. The van der Waals surface area contributed by atoms with Gasteiger partial charge in [-0.3, -0.25) is 0 Å². The number of carboxylic acids is 1. The fraction of sp³-hybridized carbons (Fsp3) is 0.545. The Hall–Kier alpha value is -1.34. The molecule has 0 fully saturated rings. The fourth-order valence-electron chi connectivity index (χ4n) is 1.51. The summed E-state index contributed by atoms with van der Waals surface area (Å²) in [6.45, 7) is 6.21. The highest BCUT2D eigenvalue weighted by Crippen LogP contribution is 2.19. The summed E-state index contributed by atoms with van der Waals surface area (Å²) in [6, 6.07) is 2.31. The number of carboxylic acid groups (broad SMARTS) is 1. The standard InChI is InChI=1S/C11H17NO5S/c1-4-12(7-8(2)3)18(15,16)10-6-5-9(17-10)11(13)14/h5-6,8H,4,7H2,1-3H3,(H,13,14). The molecule has 0 bridgehead atoms. The molecule has 0 amide bonds. The molecule has 1 heterocycles. The van der Waals surface area contributed by atoms with Crippen molar-refractivity contribution >= 4 is 16.0 Å². The highest BCUT2D eigenvalue weighted by Gasteiger charge is 2.27. The molecule has 0 saturated carbocycles. The van der Waals surface area contributed by atoms with Crippen molar-refractivity contribution in [3.63, 3.8) is 0 Å². The molecule has 1 rings (SSSR count). The van der Waals surface area contributed by atoms with Gasteiger partial charge in [-0.05, 0) is 18.1 Å². The van der Waals surface area contributed by atoms with Crippen molar-refractivity contribution in [3.8, 4) is 0 Å². The van der Waals surface area contributed by atoms with E-state index in [1.807, 2.05) is 13.8 Å². The molecule has 0 aliphatic rings. The highest BCUT2D eigenvalue weighted by molar-refractivity contribution is 7.89. The van der Waals surface area contributed by atoms with E-state index in [1.54, 1.807) is 6.92 Å². The lowest BCUT2D eigenvalue weighted by Gasteiger charge is -2.20. The Balaban J connectivity index is 3.06. The van der Waals surface area contributed by atoms with E-state index in [1.165, 1.54) is 10.4 Å². The molecule has 0 spiro atoms. The molecular formula is C11H17NO5S. The molecule has 0 radical (unpaired) electrons. The first-order valence-corrected chi connectivity index (χ1v) is 7.06. The molecule has 18 heavy (non-hydrogen) atoms. The van der Waals surface area contributed by atoms with E-state index in [2.05, 4.69) is 0 Å². The van der Waals surface area contributed by atoms with Crippen molar-refractivity contribution in [2.45, 2.75) is 25.9 Å². The largest absolute Gasteiger partial charge is 0.475 e. The second kappa shape index (κ2) is 5.53. The number of sulfonamides is 1. The van der Waals surface area contributed by atoms with Gasteiger partial charge in [0.15, 0.2) is 0 Å². The summed E-state index contributed by atoms with van der Waals surface area (Å²) in [4.78, 5) is 10.7. The summed E-state index contributed by atoms with van der Waals surface area (Å²) in [6.07, 6.45) is 0. The van der Waals surface area contributed by atoms with E-state index < -0.39 is 16.0 Å². The lowest BCUT2D eigenvalue weighted by molar-refractivity contribution is 0.0656. The van der Waals surface area contributed by atoms with Crippen LogP contribution < -0.4 is 0 Å². The summed E-state index contributed by atoms with van der Waals surface area (Å²) in [5.41, 5.74) is 0. The topological polar surface area (TPSA) is 87.8 Å². The molecule has 6 nitrogen and oxygen atoms in total. The average molecular weight is 275 g/mol. The van der Waals surface area contributed by atoms with Crippen LogP contribution in [0.3, 0.4) is 0 Å². The third-order valence-corrected chi connectivity index (χ3v) is 4.12. The number of rotatable bonds is 6. The van der Waals surface area contributed by atoms with E-state index in [9.17, 15) is 13.2 Å². The molecule has 0 unspecified atom stereocenters. The molecule has 1 aromatic rings. The van der Waals surface area contributed by atoms with Crippen LogP contribution in [0.15, 0.2) is 21.6 Å². The van der Waals surface area contributed by atoms with Crippen molar-refractivity contribution in [1.29, 1.82) is 0 Å². The Morgan fingerprint density at radius 3 is 2.44 bits per heavy atom. The van der Waals surface area contributed by atoms with Gasteiger partial charge in [0.2, 0.25) is 10.9 Å². The normalized spacial score (nSPS) is 12.3. The monoisotopic (exact) mass is 275 g/mol. The number of nitrogens with zero attached hydrogens (tertiary/aromatic N) is 1. The SMILES string of the molecule is CCN(CC(C)C)S(=O)(=O)c1ccc(C(=O)O)o1. The molecule has 1 aromatic heterocycles. The minimum atomic E-state index is -3.76. The first kappa shape index (κ1) is 14.7. The zero-order chi connectivity index (χ0) is 13.9. The lowest BCUT2D eigenvalue weighted by Crippen LogP contribution is -2.33. The second-order valence-electron chi connectivity index (χ2n) is 4.27. The quantitative estimate of drug-likeness (QED) is 0.852. The van der Waals surface area contributed by atoms with Crippen LogP contribution in [0, 0.1) is 5.92 Å². The minimum Gasteiger partial charge on any atom is -0.475 e. The van der Waals surface area contributed by atoms with Crippen molar-refractivity contribution < 1.29 is 22.7 Å². The first-order chi connectivity index (χ1) is 8.28. The molecule has 0 saturated heterocycles. The Morgan fingerprint density at radius 2 is 2.06 bits per heavy atom. The first-order valence-electron chi connectivity index (χ1n) is 5.62. The van der Waals surface area contributed by atoms with Gasteiger partial charge in [-0.25, -0.2) is 13.2 Å². The van der Waals surface area contributed by atoms with Crippen LogP contribution in [-0.4, -0.2) is 36.9 Å². The van der Waals surface area contributed by atoms with Gasteiger partial charge in [0.1, 0.15) is 0 Å². The molecule has 0 aromatic carbocycles. The highest BCUT2D eigenvalue weighted by atomic mass is 32.2. The third kappa shape index (κ3) is 3.11. The summed E-state index contributed by atoms with van der Waals surface area (Å²) < 4.78 is 30.5. The van der Waals surface area contributed by atoms with Crippen LogP contribution in [0.2, 0.25) is 0 Å². The molecule has 0 atom stereocenters. The van der Waals surface area contributed by atoms with Crippen molar-refractivity contribution in [2.75, 3.05) is 13.1 Å². The van der Waals surface area contributed by atoms with Gasteiger partial charge in [-0.1, -0.05) is 20.8 Å². The molecular weight excluding hydrogens is 258 g/mol. The van der Waals surface area contributed by atoms with E-state index in [0.29, 0.717) is 13.1 Å². The van der Waals surface area contributed by atoms with Gasteiger partial charge in [0.05, 0.1) is 0 Å². The van der Waals surface area contributed by atoms with Crippen LogP contribution in [0.1, 0.15) is 31.3 Å². The Morgan fingerprint density at radius 1 is 1.44 bits per heavy atom. The van der Waals surface area contributed by atoms with Crippen molar-refractivity contribution in [1.82, 2.24) is 4.31 Å². The lowest BCUT2D eigenvalue weighted by atomic mass is 10.2. The van der Waals surface area contributed by atoms with Crippen LogP contribution in [0.4, 0.5) is 0 Å². The summed E-state index contributed by atoms with van der Waals surface area (Å²) >= 11 is 0. The van der Waals surface area contributed by atoms with E-state index in [-0.39, 0.29) is 16.8 Å². The minimum absolute atomic E-state index is 0.175. The van der Waals surface area contributed by atoms with Crippen molar-refractivity contribution in [3.05, 3.63) is 17.9 Å². The van der Waals surface area contributed by atoms with Gasteiger partial charge >= 0.3 is 5.97 Å². The van der Waals surface area contributed by atoms with Gasteiger partial charge in [0.25, 0.3) is 10.0 Å². The molecule has 1 N–H and O–H groups in total. The number of carbonyl (C=O) groups is 1. The Labute approximate surface area is 106 Å².